The molecule has 1 rings (SSSR count). The van der Waals surface area contributed by atoms with E-state index < -0.39 is 10.0 Å². The molecule has 1 aliphatic heterocycles. The summed E-state index contributed by atoms with van der Waals surface area (Å²) >= 11 is 5.88. The quantitative estimate of drug-likeness (QED) is 0.718. The molecule has 1 aliphatic rings. The first-order valence-electron chi connectivity index (χ1n) is 6.17. The highest BCUT2D eigenvalue weighted by Gasteiger charge is 2.29. The van der Waals surface area contributed by atoms with Crippen LogP contribution in [0.2, 0.25) is 0 Å². The normalized spacial score (nSPS) is 24.2. The predicted molar refractivity (Wildman–Crippen MR) is 68.4 cm³/mol. The van der Waals surface area contributed by atoms with Crippen LogP contribution in [0.5, 0.6) is 0 Å². The van der Waals surface area contributed by atoms with E-state index in [0.29, 0.717) is 12.4 Å². The van der Waals surface area contributed by atoms with Gasteiger partial charge >= 0.3 is 0 Å². The second-order valence-corrected chi connectivity index (χ2v) is 6.79. The highest BCUT2D eigenvalue weighted by atomic mass is 35.5. The van der Waals surface area contributed by atoms with Crippen LogP contribution >= 0.6 is 11.6 Å². The number of unbranched alkanes of at least 4 members (excludes halogenated alkanes) is 1. The van der Waals surface area contributed by atoms with Crippen LogP contribution in [0.15, 0.2) is 0 Å². The van der Waals surface area contributed by atoms with Crippen LogP contribution < -0.4 is 0 Å². The molecule has 0 radical (unpaired) electrons. The first-order chi connectivity index (χ1) is 7.61. The Kier molecular flexibility index (Phi) is 6.08. The summed E-state index contributed by atoms with van der Waals surface area (Å²) in [4.78, 5) is 0. The van der Waals surface area contributed by atoms with E-state index >= 15 is 0 Å². The zero-order chi connectivity index (χ0) is 12.0. The summed E-state index contributed by atoms with van der Waals surface area (Å²) in [6.07, 6.45) is 5.75. The van der Waals surface area contributed by atoms with E-state index in [9.17, 15) is 8.42 Å². The Balaban J connectivity index is 2.72. The van der Waals surface area contributed by atoms with Gasteiger partial charge in [-0.15, -0.1) is 11.6 Å². The average Bonchev–Trinajstić information content (AvgIpc) is 2.51. The van der Waals surface area contributed by atoms with E-state index in [2.05, 4.69) is 0 Å². The van der Waals surface area contributed by atoms with Gasteiger partial charge in [0.2, 0.25) is 10.0 Å². The highest BCUT2D eigenvalue weighted by Crippen LogP contribution is 2.21. The summed E-state index contributed by atoms with van der Waals surface area (Å²) in [6.45, 7) is 2.67. The molecule has 3 nitrogen and oxygen atoms in total. The maximum Gasteiger partial charge on any atom is 0.214 e. The van der Waals surface area contributed by atoms with Crippen molar-refractivity contribution in [2.75, 3.05) is 18.2 Å². The molecule has 5 heteroatoms. The van der Waals surface area contributed by atoms with Crippen molar-refractivity contribution in [1.29, 1.82) is 0 Å². The first kappa shape index (κ1) is 14.3. The Morgan fingerprint density at radius 2 is 2.06 bits per heavy atom. The van der Waals surface area contributed by atoms with Crippen LogP contribution in [-0.2, 0) is 10.0 Å². The van der Waals surface area contributed by atoms with Crippen LogP contribution in [0.1, 0.15) is 45.4 Å². The van der Waals surface area contributed by atoms with Gasteiger partial charge in [-0.2, -0.15) is 4.31 Å². The van der Waals surface area contributed by atoms with Gasteiger partial charge in [0.05, 0.1) is 5.75 Å². The van der Waals surface area contributed by atoms with Gasteiger partial charge in [-0.25, -0.2) is 8.42 Å². The fraction of sp³-hybridized carbons (Fsp3) is 1.00. The number of rotatable bonds is 5. The zero-order valence-electron chi connectivity index (χ0n) is 9.99. The molecule has 1 unspecified atom stereocenters. The second-order valence-electron chi connectivity index (χ2n) is 4.44. The van der Waals surface area contributed by atoms with E-state index in [1.165, 1.54) is 0 Å². The molecule has 0 amide bonds. The third kappa shape index (κ3) is 3.90. The minimum absolute atomic E-state index is 0.0195. The molecule has 0 bridgehead atoms. The van der Waals surface area contributed by atoms with Gasteiger partial charge in [0.25, 0.3) is 0 Å². The molecule has 0 aromatic rings. The molecule has 0 aliphatic carbocycles. The molecule has 96 valence electrons. The van der Waals surface area contributed by atoms with Crippen molar-refractivity contribution in [3.63, 3.8) is 0 Å². The summed E-state index contributed by atoms with van der Waals surface area (Å²) in [5, 5.41) is 0. The zero-order valence-corrected chi connectivity index (χ0v) is 11.6. The smallest absolute Gasteiger partial charge is 0.212 e. The summed E-state index contributed by atoms with van der Waals surface area (Å²) in [5.41, 5.74) is 0. The molecule has 0 spiro atoms. The minimum atomic E-state index is -3.08. The van der Waals surface area contributed by atoms with Crippen LogP contribution in [0.3, 0.4) is 0 Å². The van der Waals surface area contributed by atoms with Gasteiger partial charge in [-0.1, -0.05) is 26.2 Å². The Morgan fingerprint density at radius 3 is 2.69 bits per heavy atom. The molecule has 0 aromatic heterocycles. The Labute approximate surface area is 104 Å². The lowest BCUT2D eigenvalue weighted by molar-refractivity contribution is 0.344. The molecule has 1 fully saturated rings. The largest absolute Gasteiger partial charge is 0.214 e. The van der Waals surface area contributed by atoms with E-state index in [-0.39, 0.29) is 11.8 Å². The van der Waals surface area contributed by atoms with Crippen molar-refractivity contribution in [1.82, 2.24) is 4.31 Å². The van der Waals surface area contributed by atoms with Crippen LogP contribution in [-0.4, -0.2) is 36.9 Å². The van der Waals surface area contributed by atoms with E-state index in [0.717, 1.165) is 38.5 Å². The number of nitrogens with zero attached hydrogens (tertiary/aromatic N) is 1. The van der Waals surface area contributed by atoms with Gasteiger partial charge in [-0.3, -0.25) is 0 Å². The number of hydrogen-bond acceptors (Lipinski definition) is 2. The van der Waals surface area contributed by atoms with Gasteiger partial charge < -0.3 is 0 Å². The summed E-state index contributed by atoms with van der Waals surface area (Å²) in [5.74, 6) is 0.697. The standard InChI is InChI=1S/C11H22ClNO2S/c1-2-3-9-16(14,15)13-8-6-4-5-7-11(13)10-12/h11H,2-10H2,1H3. The van der Waals surface area contributed by atoms with Crippen LogP contribution in [0.4, 0.5) is 0 Å². The fourth-order valence-electron chi connectivity index (χ4n) is 2.12. The first-order valence-corrected chi connectivity index (χ1v) is 8.31. The Hall–Kier alpha value is 0.200. The van der Waals surface area contributed by atoms with E-state index in [1.54, 1.807) is 4.31 Å². The lowest BCUT2D eigenvalue weighted by atomic mass is 10.1. The maximum atomic E-state index is 12.1. The molecular formula is C11H22ClNO2S. The lowest BCUT2D eigenvalue weighted by Gasteiger charge is -2.27. The highest BCUT2D eigenvalue weighted by molar-refractivity contribution is 7.89. The number of alkyl halides is 1. The number of sulfonamides is 1. The van der Waals surface area contributed by atoms with E-state index in [4.69, 9.17) is 11.6 Å². The molecular weight excluding hydrogens is 246 g/mol. The van der Waals surface area contributed by atoms with Crippen molar-refractivity contribution >= 4 is 21.6 Å². The Morgan fingerprint density at radius 1 is 1.31 bits per heavy atom. The number of hydrogen-bond donors (Lipinski definition) is 0. The van der Waals surface area contributed by atoms with Gasteiger partial charge in [-0.05, 0) is 19.3 Å². The molecule has 0 N–H and O–H groups in total. The third-order valence-corrected chi connectivity index (χ3v) is 5.47. The molecule has 0 saturated carbocycles. The molecule has 1 atom stereocenters. The third-order valence-electron chi connectivity index (χ3n) is 3.11. The second kappa shape index (κ2) is 6.82. The van der Waals surface area contributed by atoms with Crippen molar-refractivity contribution in [2.24, 2.45) is 0 Å². The minimum Gasteiger partial charge on any atom is -0.212 e. The van der Waals surface area contributed by atoms with Crippen molar-refractivity contribution in [3.8, 4) is 0 Å². The fourth-order valence-corrected chi connectivity index (χ4v) is 4.45. The van der Waals surface area contributed by atoms with Gasteiger partial charge in [0.15, 0.2) is 0 Å². The van der Waals surface area contributed by atoms with Gasteiger partial charge in [0.1, 0.15) is 0 Å². The maximum absolute atomic E-state index is 12.1. The molecule has 16 heavy (non-hydrogen) atoms. The Bertz CT molecular complexity index is 292. The van der Waals surface area contributed by atoms with Crippen molar-refractivity contribution < 1.29 is 8.42 Å². The van der Waals surface area contributed by atoms with Crippen LogP contribution in [0, 0.1) is 0 Å². The predicted octanol–water partition coefficient (Wildman–Crippen LogP) is 2.60. The lowest BCUT2D eigenvalue weighted by Crippen LogP contribution is -2.42. The number of halogens is 1. The van der Waals surface area contributed by atoms with Crippen molar-refractivity contribution in [2.45, 2.75) is 51.5 Å². The molecule has 0 aromatic carbocycles. The SMILES string of the molecule is CCCCS(=O)(=O)N1CCCCCC1CCl. The summed E-state index contributed by atoms with van der Waals surface area (Å²) < 4.78 is 25.9. The van der Waals surface area contributed by atoms with Gasteiger partial charge in [0, 0.05) is 18.5 Å². The average molecular weight is 268 g/mol. The summed E-state index contributed by atoms with van der Waals surface area (Å²) in [6, 6.07) is 0.0195. The molecule has 1 heterocycles. The van der Waals surface area contributed by atoms with Crippen LogP contribution in [0.25, 0.3) is 0 Å². The summed E-state index contributed by atoms with van der Waals surface area (Å²) in [7, 11) is -3.08. The topological polar surface area (TPSA) is 37.4 Å². The van der Waals surface area contributed by atoms with Crippen molar-refractivity contribution in [3.05, 3.63) is 0 Å². The molecule has 1 saturated heterocycles. The van der Waals surface area contributed by atoms with E-state index in [1.807, 2.05) is 6.92 Å². The monoisotopic (exact) mass is 267 g/mol.